The van der Waals surface area contributed by atoms with Crippen LogP contribution in [0.1, 0.15) is 34.0 Å². The van der Waals surface area contributed by atoms with Gasteiger partial charge in [-0.2, -0.15) is 0 Å². The van der Waals surface area contributed by atoms with Gasteiger partial charge in [0.1, 0.15) is 0 Å². The van der Waals surface area contributed by atoms with Gasteiger partial charge in [0.15, 0.2) is 0 Å². The van der Waals surface area contributed by atoms with Crippen LogP contribution in [0.15, 0.2) is 91.0 Å². The largest absolute Gasteiger partial charge is 0.357 e. The molecule has 0 aliphatic heterocycles. The predicted molar refractivity (Wildman–Crippen MR) is 131 cm³/mol. The first kappa shape index (κ1) is 18.0. The van der Waals surface area contributed by atoms with Crippen LogP contribution < -0.4 is 0 Å². The Labute approximate surface area is 181 Å². The highest BCUT2D eigenvalue weighted by atomic mass is 14.8. The molecule has 0 aliphatic carbocycles. The maximum atomic E-state index is 3.78. The molecular formula is C29H24N2. The van der Waals surface area contributed by atoms with Crippen LogP contribution in [0.5, 0.6) is 0 Å². The second kappa shape index (κ2) is 6.88. The molecule has 0 radical (unpaired) electrons. The summed E-state index contributed by atoms with van der Waals surface area (Å²) in [4.78, 5) is 7.55. The van der Waals surface area contributed by atoms with E-state index >= 15 is 0 Å². The summed E-state index contributed by atoms with van der Waals surface area (Å²) in [5, 5.41) is 5.15. The number of aromatic amines is 2. The van der Waals surface area contributed by atoms with Crippen molar-refractivity contribution < 1.29 is 0 Å². The van der Waals surface area contributed by atoms with E-state index in [1.165, 1.54) is 60.7 Å². The summed E-state index contributed by atoms with van der Waals surface area (Å²) < 4.78 is 0. The van der Waals surface area contributed by atoms with Crippen LogP contribution in [0.25, 0.3) is 32.6 Å². The molecule has 0 unspecified atom stereocenters. The monoisotopic (exact) mass is 400 g/mol. The van der Waals surface area contributed by atoms with E-state index in [2.05, 4.69) is 115 Å². The molecule has 0 saturated carbocycles. The summed E-state index contributed by atoms with van der Waals surface area (Å²) in [6.07, 6.45) is 0. The van der Waals surface area contributed by atoms with Crippen LogP contribution in [-0.4, -0.2) is 9.97 Å². The first-order valence-electron chi connectivity index (χ1n) is 10.8. The molecule has 2 nitrogen and oxygen atoms in total. The molecular weight excluding hydrogens is 376 g/mol. The van der Waals surface area contributed by atoms with Crippen molar-refractivity contribution in [2.24, 2.45) is 0 Å². The van der Waals surface area contributed by atoms with Gasteiger partial charge in [0.2, 0.25) is 0 Å². The minimum atomic E-state index is 0.0888. The Morgan fingerprint density at radius 3 is 1.58 bits per heavy atom. The minimum Gasteiger partial charge on any atom is -0.357 e. The van der Waals surface area contributed by atoms with Crippen LogP contribution in [0.3, 0.4) is 0 Å². The van der Waals surface area contributed by atoms with E-state index in [0.717, 1.165) is 0 Å². The number of hydrogen-bond donors (Lipinski definition) is 2. The summed E-state index contributed by atoms with van der Waals surface area (Å²) in [7, 11) is 0. The van der Waals surface area contributed by atoms with E-state index < -0.39 is 0 Å². The highest BCUT2D eigenvalue weighted by Crippen LogP contribution is 2.41. The lowest BCUT2D eigenvalue weighted by Crippen LogP contribution is -2.08. The van der Waals surface area contributed by atoms with E-state index in [4.69, 9.17) is 0 Å². The summed E-state index contributed by atoms with van der Waals surface area (Å²) in [6.45, 7) is 4.48. The van der Waals surface area contributed by atoms with Crippen molar-refractivity contribution in [3.63, 3.8) is 0 Å². The zero-order valence-corrected chi connectivity index (χ0v) is 17.7. The standard InChI is InChI=1S/C29H24N2/c1-18-21-12-5-7-16-25(21)30-28(18)27(24-15-9-11-20-10-3-4-14-23(20)24)29-19(2)22-13-6-8-17-26(22)31-29/h3-17,27,30-31H,1-2H3. The SMILES string of the molecule is Cc1c(C(c2[nH]c3ccccc3c2C)c2cccc3ccccc23)[nH]c2ccccc12. The van der Waals surface area contributed by atoms with E-state index in [-0.39, 0.29) is 5.92 Å². The number of nitrogens with one attached hydrogen (secondary N) is 2. The Morgan fingerprint density at radius 1 is 0.516 bits per heavy atom. The lowest BCUT2D eigenvalue weighted by atomic mass is 9.85. The van der Waals surface area contributed by atoms with Crippen molar-refractivity contribution in [2.45, 2.75) is 19.8 Å². The predicted octanol–water partition coefficient (Wildman–Crippen LogP) is 7.60. The first-order valence-corrected chi connectivity index (χ1v) is 10.8. The highest BCUT2D eigenvalue weighted by molar-refractivity contribution is 5.91. The fraction of sp³-hybridized carbons (Fsp3) is 0.103. The van der Waals surface area contributed by atoms with E-state index in [1.807, 2.05) is 0 Å². The van der Waals surface area contributed by atoms with Gasteiger partial charge in [-0.25, -0.2) is 0 Å². The molecule has 2 N–H and O–H groups in total. The molecule has 6 rings (SSSR count). The molecule has 0 aliphatic rings. The quantitative estimate of drug-likeness (QED) is 0.306. The number of para-hydroxylation sites is 2. The third-order valence-corrected chi connectivity index (χ3v) is 6.72. The van der Waals surface area contributed by atoms with Crippen molar-refractivity contribution in [1.82, 2.24) is 9.97 Å². The Morgan fingerprint density at radius 2 is 1.00 bits per heavy atom. The fourth-order valence-corrected chi connectivity index (χ4v) is 5.14. The molecule has 0 bridgehead atoms. The van der Waals surface area contributed by atoms with Crippen LogP contribution in [0, 0.1) is 13.8 Å². The molecule has 0 saturated heterocycles. The van der Waals surface area contributed by atoms with Crippen molar-refractivity contribution >= 4 is 32.6 Å². The second-order valence-electron chi connectivity index (χ2n) is 8.42. The summed E-state index contributed by atoms with van der Waals surface area (Å²) in [6, 6.07) is 32.6. The van der Waals surface area contributed by atoms with Crippen LogP contribution in [-0.2, 0) is 0 Å². The molecule has 0 spiro atoms. The smallest absolute Gasteiger partial charge is 0.0653 e. The molecule has 6 aromatic rings. The summed E-state index contributed by atoms with van der Waals surface area (Å²) >= 11 is 0. The molecule has 2 heterocycles. The number of aryl methyl sites for hydroxylation is 2. The van der Waals surface area contributed by atoms with Crippen molar-refractivity contribution in [2.75, 3.05) is 0 Å². The molecule has 0 fully saturated rings. The lowest BCUT2D eigenvalue weighted by Gasteiger charge is -2.20. The van der Waals surface area contributed by atoms with E-state index in [9.17, 15) is 0 Å². The number of fused-ring (bicyclic) bond motifs is 3. The summed E-state index contributed by atoms with van der Waals surface area (Å²) in [5.74, 6) is 0.0888. The molecule has 150 valence electrons. The van der Waals surface area contributed by atoms with Crippen LogP contribution in [0.2, 0.25) is 0 Å². The maximum Gasteiger partial charge on any atom is 0.0653 e. The number of aromatic nitrogens is 2. The third-order valence-electron chi connectivity index (χ3n) is 6.72. The molecule has 31 heavy (non-hydrogen) atoms. The van der Waals surface area contributed by atoms with Crippen molar-refractivity contribution in [3.8, 4) is 0 Å². The average Bonchev–Trinajstić information content (AvgIpc) is 3.32. The van der Waals surface area contributed by atoms with Gasteiger partial charge in [0.05, 0.1) is 5.92 Å². The number of benzene rings is 4. The highest BCUT2D eigenvalue weighted by Gasteiger charge is 2.27. The van der Waals surface area contributed by atoms with Gasteiger partial charge in [0.25, 0.3) is 0 Å². The second-order valence-corrected chi connectivity index (χ2v) is 8.42. The normalized spacial score (nSPS) is 11.8. The topological polar surface area (TPSA) is 31.6 Å². The van der Waals surface area contributed by atoms with E-state index in [1.54, 1.807) is 0 Å². The molecule has 2 aromatic heterocycles. The third kappa shape index (κ3) is 2.72. The molecule has 0 atom stereocenters. The Hall–Kier alpha value is -3.78. The van der Waals surface area contributed by atoms with Gasteiger partial charge in [-0.3, -0.25) is 0 Å². The van der Waals surface area contributed by atoms with Gasteiger partial charge in [-0.15, -0.1) is 0 Å². The minimum absolute atomic E-state index is 0.0888. The maximum absolute atomic E-state index is 3.78. The Bertz CT molecular complexity index is 1480. The van der Waals surface area contributed by atoms with Crippen LogP contribution in [0.4, 0.5) is 0 Å². The van der Waals surface area contributed by atoms with Gasteiger partial charge in [-0.1, -0.05) is 78.9 Å². The Kier molecular flexibility index (Phi) is 4.00. The zero-order chi connectivity index (χ0) is 20.9. The molecule has 4 aromatic carbocycles. The van der Waals surface area contributed by atoms with Crippen molar-refractivity contribution in [1.29, 1.82) is 0 Å². The van der Waals surface area contributed by atoms with Crippen LogP contribution >= 0.6 is 0 Å². The van der Waals surface area contributed by atoms with E-state index in [0.29, 0.717) is 0 Å². The molecule has 0 amide bonds. The number of rotatable bonds is 3. The Balaban J connectivity index is 1.71. The van der Waals surface area contributed by atoms with Gasteiger partial charge >= 0.3 is 0 Å². The number of hydrogen-bond acceptors (Lipinski definition) is 0. The average molecular weight is 401 g/mol. The van der Waals surface area contributed by atoms with Gasteiger partial charge < -0.3 is 9.97 Å². The fourth-order valence-electron chi connectivity index (χ4n) is 5.14. The lowest BCUT2D eigenvalue weighted by molar-refractivity contribution is 0.894. The first-order chi connectivity index (χ1) is 15.2. The number of H-pyrrole nitrogens is 2. The van der Waals surface area contributed by atoms with Gasteiger partial charge in [-0.05, 0) is 53.4 Å². The van der Waals surface area contributed by atoms with Crippen molar-refractivity contribution in [3.05, 3.63) is 119 Å². The summed E-state index contributed by atoms with van der Waals surface area (Å²) in [5.41, 5.74) is 8.84. The zero-order valence-electron chi connectivity index (χ0n) is 17.7. The molecule has 2 heteroatoms. The van der Waals surface area contributed by atoms with Gasteiger partial charge in [0, 0.05) is 33.2 Å².